The smallest absolute Gasteiger partial charge is 0.154 e. The minimum atomic E-state index is -0.781. The fourth-order valence-electron chi connectivity index (χ4n) is 1.59. The monoisotopic (exact) mass is 285 g/mol. The third kappa shape index (κ3) is 1.76. The molecule has 86 valence electrons. The summed E-state index contributed by atoms with van der Waals surface area (Å²) < 4.78 is 3.97. The molecule has 0 bridgehead atoms. The van der Waals surface area contributed by atoms with Gasteiger partial charge in [-0.15, -0.1) is 5.10 Å². The third-order valence-electron chi connectivity index (χ3n) is 2.45. The maximum atomic E-state index is 10.3. The van der Waals surface area contributed by atoms with E-state index < -0.39 is 6.10 Å². The van der Waals surface area contributed by atoms with Crippen molar-refractivity contribution >= 4 is 15.9 Å². The summed E-state index contributed by atoms with van der Waals surface area (Å²) in [6.07, 6.45) is 2.56. The van der Waals surface area contributed by atoms with Crippen LogP contribution in [0.15, 0.2) is 17.1 Å². The van der Waals surface area contributed by atoms with Gasteiger partial charge in [0.15, 0.2) is 4.60 Å². The second-order valence-electron chi connectivity index (χ2n) is 3.40. The number of hydrogen-bond donors (Lipinski definition) is 1. The van der Waals surface area contributed by atoms with E-state index in [-0.39, 0.29) is 0 Å². The van der Waals surface area contributed by atoms with Crippen molar-refractivity contribution in [1.29, 1.82) is 0 Å². The van der Waals surface area contributed by atoms with Gasteiger partial charge in [-0.3, -0.25) is 0 Å². The number of hydrogen-bond acceptors (Lipinski definition) is 4. The maximum absolute atomic E-state index is 10.3. The second kappa shape index (κ2) is 4.34. The van der Waals surface area contributed by atoms with Gasteiger partial charge in [0.1, 0.15) is 11.8 Å². The van der Waals surface area contributed by atoms with Gasteiger partial charge >= 0.3 is 0 Å². The van der Waals surface area contributed by atoms with Crippen LogP contribution in [0.4, 0.5) is 0 Å². The molecule has 6 nitrogen and oxygen atoms in total. The van der Waals surface area contributed by atoms with Crippen molar-refractivity contribution < 1.29 is 5.11 Å². The van der Waals surface area contributed by atoms with Gasteiger partial charge in [0, 0.05) is 13.6 Å². The van der Waals surface area contributed by atoms with Crippen LogP contribution in [0.1, 0.15) is 24.4 Å². The molecule has 1 unspecified atom stereocenters. The number of aryl methyl sites for hydroxylation is 2. The standard InChI is InChI=1S/C9H12BrN5O/c1-3-15-5-11-4-6(15)8(16)7-9(10)12-13-14(7)2/h4-5,8,16H,3H2,1-2H3. The summed E-state index contributed by atoms with van der Waals surface area (Å²) in [6, 6.07) is 0. The van der Waals surface area contributed by atoms with Crippen LogP contribution in [0.2, 0.25) is 0 Å². The molecule has 16 heavy (non-hydrogen) atoms. The molecule has 1 atom stereocenters. The molecule has 2 aromatic heterocycles. The summed E-state index contributed by atoms with van der Waals surface area (Å²) >= 11 is 3.27. The molecule has 0 aliphatic carbocycles. The highest BCUT2D eigenvalue weighted by atomic mass is 79.9. The number of halogens is 1. The van der Waals surface area contributed by atoms with Gasteiger partial charge in [-0.2, -0.15) is 0 Å². The summed E-state index contributed by atoms with van der Waals surface area (Å²) in [5.41, 5.74) is 1.35. The van der Waals surface area contributed by atoms with E-state index in [9.17, 15) is 5.11 Å². The van der Waals surface area contributed by atoms with Crippen LogP contribution in [0.3, 0.4) is 0 Å². The van der Waals surface area contributed by atoms with E-state index in [0.717, 1.165) is 12.2 Å². The quantitative estimate of drug-likeness (QED) is 0.909. The fourth-order valence-corrected chi connectivity index (χ4v) is 2.14. The van der Waals surface area contributed by atoms with E-state index in [1.165, 1.54) is 0 Å². The lowest BCUT2D eigenvalue weighted by Gasteiger charge is -2.12. The van der Waals surface area contributed by atoms with E-state index in [4.69, 9.17) is 0 Å². The van der Waals surface area contributed by atoms with Crippen molar-refractivity contribution in [1.82, 2.24) is 24.5 Å². The largest absolute Gasteiger partial charge is 0.380 e. The van der Waals surface area contributed by atoms with Crippen molar-refractivity contribution in [3.05, 3.63) is 28.5 Å². The highest BCUT2D eigenvalue weighted by molar-refractivity contribution is 9.10. The molecule has 0 spiro atoms. The highest BCUT2D eigenvalue weighted by Crippen LogP contribution is 2.26. The Hall–Kier alpha value is -1.21. The SMILES string of the molecule is CCn1cncc1C(O)c1c(Br)nnn1C. The van der Waals surface area contributed by atoms with E-state index in [2.05, 4.69) is 31.2 Å². The first kappa shape index (κ1) is 11.3. The van der Waals surface area contributed by atoms with E-state index in [0.29, 0.717) is 10.3 Å². The van der Waals surface area contributed by atoms with E-state index in [1.54, 1.807) is 24.3 Å². The van der Waals surface area contributed by atoms with Crippen LogP contribution >= 0.6 is 15.9 Å². The van der Waals surface area contributed by atoms with Gasteiger partial charge in [0.2, 0.25) is 0 Å². The van der Waals surface area contributed by atoms with Gasteiger partial charge in [-0.05, 0) is 22.9 Å². The molecule has 0 aromatic carbocycles. The van der Waals surface area contributed by atoms with E-state index in [1.807, 2.05) is 11.5 Å². The van der Waals surface area contributed by atoms with E-state index >= 15 is 0 Å². The molecule has 0 fully saturated rings. The summed E-state index contributed by atoms with van der Waals surface area (Å²) in [7, 11) is 1.74. The van der Waals surface area contributed by atoms with Crippen molar-refractivity contribution in [2.75, 3.05) is 0 Å². The minimum Gasteiger partial charge on any atom is -0.380 e. The van der Waals surface area contributed by atoms with Crippen LogP contribution in [0.5, 0.6) is 0 Å². The number of imidazole rings is 1. The lowest BCUT2D eigenvalue weighted by molar-refractivity contribution is 0.199. The Morgan fingerprint density at radius 2 is 2.31 bits per heavy atom. The van der Waals surface area contributed by atoms with Crippen molar-refractivity contribution in [3.63, 3.8) is 0 Å². The molecular formula is C9H12BrN5O. The molecule has 2 heterocycles. The topological polar surface area (TPSA) is 68.8 Å². The third-order valence-corrected chi connectivity index (χ3v) is 3.02. The number of nitrogens with zero attached hydrogens (tertiary/aromatic N) is 5. The molecule has 0 radical (unpaired) electrons. The molecule has 0 amide bonds. The lowest BCUT2D eigenvalue weighted by atomic mass is 10.2. The molecule has 0 saturated carbocycles. The zero-order valence-corrected chi connectivity index (χ0v) is 10.6. The molecule has 7 heteroatoms. The highest BCUT2D eigenvalue weighted by Gasteiger charge is 2.22. The summed E-state index contributed by atoms with van der Waals surface area (Å²) in [6.45, 7) is 2.75. The van der Waals surface area contributed by atoms with Gasteiger partial charge in [0.25, 0.3) is 0 Å². The molecule has 0 aliphatic heterocycles. The molecule has 2 rings (SSSR count). The Balaban J connectivity index is 2.43. The van der Waals surface area contributed by atoms with Gasteiger partial charge in [-0.25, -0.2) is 9.67 Å². The lowest BCUT2D eigenvalue weighted by Crippen LogP contribution is -2.11. The number of aliphatic hydroxyl groups excluding tert-OH is 1. The van der Waals surface area contributed by atoms with Crippen LogP contribution in [0.25, 0.3) is 0 Å². The Bertz CT molecular complexity index is 472. The molecule has 0 aliphatic rings. The minimum absolute atomic E-state index is 0.548. The summed E-state index contributed by atoms with van der Waals surface area (Å²) in [4.78, 5) is 4.02. The summed E-state index contributed by atoms with van der Waals surface area (Å²) in [5.74, 6) is 0. The first-order valence-electron chi connectivity index (χ1n) is 4.88. The predicted octanol–water partition coefficient (Wildman–Crippen LogP) is 0.876. The zero-order chi connectivity index (χ0) is 11.7. The Morgan fingerprint density at radius 3 is 2.88 bits per heavy atom. The normalized spacial score (nSPS) is 13.0. The predicted molar refractivity (Wildman–Crippen MR) is 60.7 cm³/mol. The number of aliphatic hydroxyl groups is 1. The second-order valence-corrected chi connectivity index (χ2v) is 4.15. The zero-order valence-electron chi connectivity index (χ0n) is 9.00. The first-order chi connectivity index (χ1) is 7.65. The Kier molecular flexibility index (Phi) is 3.06. The van der Waals surface area contributed by atoms with Crippen molar-refractivity contribution in [2.24, 2.45) is 7.05 Å². The summed E-state index contributed by atoms with van der Waals surface area (Å²) in [5, 5.41) is 17.9. The molecule has 0 saturated heterocycles. The number of aromatic nitrogens is 5. The van der Waals surface area contributed by atoms with Crippen LogP contribution < -0.4 is 0 Å². The molecular weight excluding hydrogens is 274 g/mol. The Labute approximate surface area is 101 Å². The Morgan fingerprint density at radius 1 is 1.56 bits per heavy atom. The van der Waals surface area contributed by atoms with Crippen LogP contribution in [-0.2, 0) is 13.6 Å². The number of rotatable bonds is 3. The van der Waals surface area contributed by atoms with Gasteiger partial charge < -0.3 is 9.67 Å². The van der Waals surface area contributed by atoms with Crippen molar-refractivity contribution in [2.45, 2.75) is 19.6 Å². The van der Waals surface area contributed by atoms with Gasteiger partial charge in [-0.1, -0.05) is 5.21 Å². The van der Waals surface area contributed by atoms with Crippen LogP contribution in [0, 0.1) is 0 Å². The fraction of sp³-hybridized carbons (Fsp3) is 0.444. The maximum Gasteiger partial charge on any atom is 0.154 e. The molecule has 2 aromatic rings. The van der Waals surface area contributed by atoms with Crippen molar-refractivity contribution in [3.8, 4) is 0 Å². The van der Waals surface area contributed by atoms with Gasteiger partial charge in [0.05, 0.1) is 18.2 Å². The first-order valence-corrected chi connectivity index (χ1v) is 5.67. The average molecular weight is 286 g/mol. The average Bonchev–Trinajstić information content (AvgIpc) is 2.85. The van der Waals surface area contributed by atoms with Crippen LogP contribution in [-0.4, -0.2) is 29.7 Å². The molecule has 1 N–H and O–H groups in total.